The molecule has 1 aromatic rings. The molecule has 0 unspecified atom stereocenters. The largest absolute Gasteiger partial charge is 0.501 e. The summed E-state index contributed by atoms with van der Waals surface area (Å²) in [5.41, 5.74) is -0.0223. The van der Waals surface area contributed by atoms with Crippen LogP contribution in [0.25, 0.3) is 6.08 Å². The van der Waals surface area contributed by atoms with Gasteiger partial charge in [-0.2, -0.15) is 0 Å². The molecule has 1 aromatic carbocycles. The number of thioether (sulfide) groups is 1. The summed E-state index contributed by atoms with van der Waals surface area (Å²) in [5.74, 6) is -0.798. The Hall–Kier alpha value is -1.45. The van der Waals surface area contributed by atoms with Crippen LogP contribution in [-0.2, 0) is 4.79 Å². The van der Waals surface area contributed by atoms with E-state index < -0.39 is 16.4 Å². The van der Waals surface area contributed by atoms with Crippen molar-refractivity contribution in [1.29, 1.82) is 0 Å². The van der Waals surface area contributed by atoms with Crippen molar-refractivity contribution in [2.24, 2.45) is 0 Å². The fraction of sp³-hybridized carbons (Fsp3) is 0. The Morgan fingerprint density at radius 1 is 1.53 bits per heavy atom. The van der Waals surface area contributed by atoms with E-state index in [1.54, 1.807) is 0 Å². The van der Waals surface area contributed by atoms with Crippen molar-refractivity contribution in [3.8, 4) is 5.75 Å². The zero-order valence-electron chi connectivity index (χ0n) is 9.05. The monoisotopic (exact) mass is 360 g/mol. The Bertz CT molecular complexity index is 645. The lowest BCUT2D eigenvalue weighted by atomic mass is 10.1. The first kappa shape index (κ1) is 14.0. The van der Waals surface area contributed by atoms with Crippen LogP contribution in [-0.4, -0.2) is 20.3 Å². The molecule has 2 rings (SSSR count). The number of carbonyl (C=O) groups excluding carboxylic acids is 1. The standard InChI is InChI=1S/C10H5BrN2O4S2/c11-5-1-4(2-6(8(5)14)13(16)17)3-7-9(15)12-10(18)19-7/h1-3,14H,(H,12,15,18). The van der Waals surface area contributed by atoms with Crippen LogP contribution in [0.4, 0.5) is 5.69 Å². The first-order valence-electron chi connectivity index (χ1n) is 4.80. The maximum absolute atomic E-state index is 11.5. The molecule has 0 radical (unpaired) electrons. The first-order valence-corrected chi connectivity index (χ1v) is 6.82. The first-order chi connectivity index (χ1) is 8.88. The number of hydrogen-bond acceptors (Lipinski definition) is 6. The molecule has 0 atom stereocenters. The number of halogens is 1. The summed E-state index contributed by atoms with van der Waals surface area (Å²) in [6.45, 7) is 0. The van der Waals surface area contributed by atoms with Crippen molar-refractivity contribution in [3.63, 3.8) is 0 Å². The van der Waals surface area contributed by atoms with Gasteiger partial charge in [0.25, 0.3) is 5.91 Å². The van der Waals surface area contributed by atoms with Gasteiger partial charge in [-0.05, 0) is 33.6 Å². The SMILES string of the molecule is O=C1NC(=S)SC1=Cc1cc(Br)c(O)c([N+](=O)[O-])c1. The van der Waals surface area contributed by atoms with E-state index in [-0.39, 0.29) is 10.4 Å². The van der Waals surface area contributed by atoms with Crippen LogP contribution in [0.15, 0.2) is 21.5 Å². The summed E-state index contributed by atoms with van der Waals surface area (Å²) >= 11 is 8.94. The van der Waals surface area contributed by atoms with E-state index in [0.717, 1.165) is 11.8 Å². The summed E-state index contributed by atoms with van der Waals surface area (Å²) in [5, 5.41) is 22.8. The summed E-state index contributed by atoms with van der Waals surface area (Å²) in [7, 11) is 0. The van der Waals surface area contributed by atoms with Gasteiger partial charge in [0.1, 0.15) is 4.32 Å². The maximum atomic E-state index is 11.5. The van der Waals surface area contributed by atoms with Crippen LogP contribution < -0.4 is 5.32 Å². The second kappa shape index (κ2) is 5.27. The van der Waals surface area contributed by atoms with E-state index in [0.29, 0.717) is 14.8 Å². The van der Waals surface area contributed by atoms with Crippen LogP contribution >= 0.6 is 39.9 Å². The van der Waals surface area contributed by atoms with Crippen LogP contribution in [0, 0.1) is 10.1 Å². The number of nitro benzene ring substituents is 1. The maximum Gasteiger partial charge on any atom is 0.312 e. The number of phenolic OH excluding ortho intramolecular Hbond substituents is 1. The lowest BCUT2D eigenvalue weighted by Crippen LogP contribution is -2.17. The lowest BCUT2D eigenvalue weighted by molar-refractivity contribution is -0.386. The van der Waals surface area contributed by atoms with Gasteiger partial charge in [0, 0.05) is 6.07 Å². The highest BCUT2D eigenvalue weighted by molar-refractivity contribution is 9.10. The molecule has 0 bridgehead atoms. The van der Waals surface area contributed by atoms with Gasteiger partial charge in [-0.15, -0.1) is 0 Å². The number of nitrogens with one attached hydrogen (secondary N) is 1. The summed E-state index contributed by atoms with van der Waals surface area (Å²) in [4.78, 5) is 21.9. The van der Waals surface area contributed by atoms with E-state index >= 15 is 0 Å². The van der Waals surface area contributed by atoms with Crippen LogP contribution in [0.1, 0.15) is 5.56 Å². The topological polar surface area (TPSA) is 92.5 Å². The Kier molecular flexibility index (Phi) is 3.88. The van der Waals surface area contributed by atoms with E-state index in [4.69, 9.17) is 12.2 Å². The number of rotatable bonds is 2. The van der Waals surface area contributed by atoms with E-state index in [1.165, 1.54) is 18.2 Å². The molecule has 1 fully saturated rings. The van der Waals surface area contributed by atoms with E-state index in [1.807, 2.05) is 0 Å². The highest BCUT2D eigenvalue weighted by Crippen LogP contribution is 2.36. The van der Waals surface area contributed by atoms with Gasteiger partial charge >= 0.3 is 5.69 Å². The molecule has 1 amide bonds. The zero-order valence-corrected chi connectivity index (χ0v) is 12.3. The van der Waals surface area contributed by atoms with Gasteiger partial charge in [-0.1, -0.05) is 24.0 Å². The van der Waals surface area contributed by atoms with Crippen molar-refractivity contribution in [1.82, 2.24) is 5.32 Å². The number of nitro groups is 1. The molecule has 0 saturated carbocycles. The molecule has 0 aliphatic carbocycles. The highest BCUT2D eigenvalue weighted by Gasteiger charge is 2.23. The van der Waals surface area contributed by atoms with Crippen LogP contribution in [0.3, 0.4) is 0 Å². The van der Waals surface area contributed by atoms with E-state index in [2.05, 4.69) is 21.2 Å². The van der Waals surface area contributed by atoms with Gasteiger partial charge in [0.2, 0.25) is 5.75 Å². The molecule has 1 heterocycles. The van der Waals surface area contributed by atoms with Crippen LogP contribution in [0.5, 0.6) is 5.75 Å². The molecule has 98 valence electrons. The molecular weight excluding hydrogens is 356 g/mol. The second-order valence-corrected chi connectivity index (χ2v) is 6.05. The van der Waals surface area contributed by atoms with Gasteiger partial charge < -0.3 is 10.4 Å². The molecular formula is C10H5BrN2O4S2. The summed E-state index contributed by atoms with van der Waals surface area (Å²) in [6, 6.07) is 2.66. The van der Waals surface area contributed by atoms with Crippen molar-refractivity contribution < 1.29 is 14.8 Å². The Morgan fingerprint density at radius 2 is 2.21 bits per heavy atom. The van der Waals surface area contributed by atoms with Crippen molar-refractivity contribution in [2.75, 3.05) is 0 Å². The number of nitrogens with zero attached hydrogens (tertiary/aromatic N) is 1. The molecule has 19 heavy (non-hydrogen) atoms. The Labute approximate surface area is 125 Å². The Morgan fingerprint density at radius 3 is 2.74 bits per heavy atom. The van der Waals surface area contributed by atoms with Gasteiger partial charge in [0.15, 0.2) is 0 Å². The molecule has 1 aliphatic heterocycles. The summed E-state index contributed by atoms with van der Waals surface area (Å²) < 4.78 is 0.517. The molecule has 1 aliphatic rings. The van der Waals surface area contributed by atoms with Crippen molar-refractivity contribution >= 4 is 61.9 Å². The van der Waals surface area contributed by atoms with Crippen molar-refractivity contribution in [3.05, 3.63) is 37.2 Å². The predicted molar refractivity (Wildman–Crippen MR) is 78.8 cm³/mol. The number of carbonyl (C=O) groups is 1. The third kappa shape index (κ3) is 2.94. The third-order valence-corrected chi connectivity index (χ3v) is 3.97. The van der Waals surface area contributed by atoms with Gasteiger partial charge in [0.05, 0.1) is 14.3 Å². The molecule has 9 heteroatoms. The Balaban J connectivity index is 2.47. The number of hydrogen-bond donors (Lipinski definition) is 2. The predicted octanol–water partition coefficient (Wildman–Crippen LogP) is 2.55. The van der Waals surface area contributed by atoms with Gasteiger partial charge in [-0.3, -0.25) is 14.9 Å². The second-order valence-electron chi connectivity index (χ2n) is 3.48. The molecule has 0 spiro atoms. The number of aromatic hydroxyl groups is 1. The third-order valence-electron chi connectivity index (χ3n) is 2.20. The average Bonchev–Trinajstić information content (AvgIpc) is 2.62. The van der Waals surface area contributed by atoms with Gasteiger partial charge in [-0.25, -0.2) is 0 Å². The number of benzene rings is 1. The smallest absolute Gasteiger partial charge is 0.312 e. The lowest BCUT2D eigenvalue weighted by Gasteiger charge is -2.01. The quantitative estimate of drug-likeness (QED) is 0.364. The zero-order chi connectivity index (χ0) is 14.2. The van der Waals surface area contributed by atoms with Crippen molar-refractivity contribution in [2.45, 2.75) is 0 Å². The molecule has 1 saturated heterocycles. The summed E-state index contributed by atoms with van der Waals surface area (Å²) in [6.07, 6.45) is 1.47. The molecule has 2 N–H and O–H groups in total. The van der Waals surface area contributed by atoms with E-state index in [9.17, 15) is 20.0 Å². The highest BCUT2D eigenvalue weighted by atomic mass is 79.9. The normalized spacial score (nSPS) is 16.8. The molecule has 0 aromatic heterocycles. The minimum absolute atomic E-state index is 0.180. The number of phenols is 1. The van der Waals surface area contributed by atoms with Crippen LogP contribution in [0.2, 0.25) is 0 Å². The fourth-order valence-corrected chi connectivity index (χ4v) is 2.91. The molecule has 6 nitrogen and oxygen atoms in total. The average molecular weight is 361 g/mol. The minimum Gasteiger partial charge on any atom is -0.501 e. The number of amides is 1. The minimum atomic E-state index is -0.700. The fourth-order valence-electron chi connectivity index (χ4n) is 1.40. The number of thiocarbonyl (C=S) groups is 1.